The van der Waals surface area contributed by atoms with Gasteiger partial charge < -0.3 is 19.4 Å². The lowest BCUT2D eigenvalue weighted by molar-refractivity contribution is -0.154. The van der Waals surface area contributed by atoms with Crippen LogP contribution in [0.15, 0.2) is 34.0 Å². The maximum Gasteiger partial charge on any atom is 0.309 e. The fourth-order valence-electron chi connectivity index (χ4n) is 4.88. The predicted octanol–water partition coefficient (Wildman–Crippen LogP) is 7.29. The second-order valence-electron chi connectivity index (χ2n) is 13.1. The lowest BCUT2D eigenvalue weighted by Crippen LogP contribution is -2.53. The molecule has 0 amide bonds. The van der Waals surface area contributed by atoms with E-state index in [9.17, 15) is 19.8 Å². The molecule has 0 aromatic heterocycles. The number of ether oxygens (including phenoxy) is 1. The maximum absolute atomic E-state index is 14.2. The highest BCUT2D eigenvalue weighted by atomic mass is 127. The Labute approximate surface area is 252 Å². The molecule has 0 saturated heterocycles. The third kappa shape index (κ3) is 9.90. The molecule has 0 aromatic carbocycles. The minimum Gasteiger partial charge on any atom is -0.457 e. The summed E-state index contributed by atoms with van der Waals surface area (Å²) in [7, 11) is -2.41. The number of carbonyl (C=O) groups is 2. The van der Waals surface area contributed by atoms with Gasteiger partial charge in [-0.1, -0.05) is 69.4 Å². The topological polar surface area (TPSA) is 93.1 Å². The third-order valence-corrected chi connectivity index (χ3v) is 14.3. The van der Waals surface area contributed by atoms with E-state index in [4.69, 9.17) is 9.16 Å². The van der Waals surface area contributed by atoms with Gasteiger partial charge in [0.25, 0.3) is 0 Å². The molecule has 0 bridgehead atoms. The number of esters is 1. The molecular weight excluding hydrogens is 623 g/mol. The first-order chi connectivity index (χ1) is 17.9. The summed E-state index contributed by atoms with van der Waals surface area (Å²) in [5.41, 5.74) is 0.727. The molecule has 0 aliphatic carbocycles. The van der Waals surface area contributed by atoms with Gasteiger partial charge in [0.1, 0.15) is 11.9 Å². The first-order valence-electron chi connectivity index (χ1n) is 14.2. The molecule has 0 radical (unpaired) electrons. The van der Waals surface area contributed by atoms with E-state index in [1.54, 1.807) is 13.0 Å². The molecule has 0 aromatic rings. The van der Waals surface area contributed by atoms with Crippen molar-refractivity contribution in [1.82, 2.24) is 0 Å². The molecule has 0 spiro atoms. The van der Waals surface area contributed by atoms with E-state index in [-0.39, 0.29) is 29.8 Å². The van der Waals surface area contributed by atoms with Crippen LogP contribution in [0.4, 0.5) is 0 Å². The summed E-state index contributed by atoms with van der Waals surface area (Å²) in [6.45, 7) is 22.0. The lowest BCUT2D eigenvalue weighted by atomic mass is 9.69. The van der Waals surface area contributed by atoms with Gasteiger partial charge >= 0.3 is 5.97 Å². The molecule has 8 heteroatoms. The SMILES string of the molecule is C=CC[C@@]1(C)C(=O)[C@H](C)[C@@H](O)[C@@H](C)CCC/C(CO)=C\C[C@@H](/C(C)=C/I)OC(=O)C[C@@H]1O[Si](C)(C)C(C)(C)C. The Balaban J connectivity index is 3.69. The van der Waals surface area contributed by atoms with E-state index in [2.05, 4.69) is 63.0 Å². The van der Waals surface area contributed by atoms with Crippen LogP contribution in [0, 0.1) is 17.3 Å². The summed E-state index contributed by atoms with van der Waals surface area (Å²) in [4.78, 5) is 27.7. The second kappa shape index (κ2) is 15.4. The monoisotopic (exact) mass is 676 g/mol. The highest BCUT2D eigenvalue weighted by Crippen LogP contribution is 2.43. The highest BCUT2D eigenvalue weighted by molar-refractivity contribution is 14.1. The van der Waals surface area contributed by atoms with Crippen molar-refractivity contribution in [2.45, 2.75) is 123 Å². The summed E-state index contributed by atoms with van der Waals surface area (Å²) in [5, 5.41) is 21.0. The third-order valence-electron chi connectivity index (χ3n) is 8.88. The Morgan fingerprint density at radius 1 is 1.31 bits per heavy atom. The van der Waals surface area contributed by atoms with Crippen molar-refractivity contribution in [3.8, 4) is 0 Å². The summed E-state index contributed by atoms with van der Waals surface area (Å²) < 4.78 is 14.8. The van der Waals surface area contributed by atoms with E-state index in [0.29, 0.717) is 19.3 Å². The van der Waals surface area contributed by atoms with Gasteiger partial charge in [-0.05, 0) is 78.8 Å². The zero-order valence-electron chi connectivity index (χ0n) is 25.7. The Morgan fingerprint density at radius 3 is 2.44 bits per heavy atom. The number of aliphatic hydroxyl groups excluding tert-OH is 2. The van der Waals surface area contributed by atoms with Crippen molar-refractivity contribution in [2.24, 2.45) is 17.3 Å². The van der Waals surface area contributed by atoms with Gasteiger partial charge in [0.2, 0.25) is 0 Å². The molecule has 1 aliphatic heterocycles. The van der Waals surface area contributed by atoms with Crippen molar-refractivity contribution in [2.75, 3.05) is 6.61 Å². The largest absolute Gasteiger partial charge is 0.457 e. The zero-order valence-corrected chi connectivity index (χ0v) is 28.8. The molecule has 39 heavy (non-hydrogen) atoms. The van der Waals surface area contributed by atoms with Crippen molar-refractivity contribution in [3.05, 3.63) is 34.0 Å². The van der Waals surface area contributed by atoms with Crippen LogP contribution in [-0.4, -0.2) is 55.2 Å². The van der Waals surface area contributed by atoms with Gasteiger partial charge in [-0.15, -0.1) is 6.58 Å². The van der Waals surface area contributed by atoms with Gasteiger partial charge in [-0.2, -0.15) is 0 Å². The Hall–Kier alpha value is -0.813. The predicted molar refractivity (Wildman–Crippen MR) is 170 cm³/mol. The van der Waals surface area contributed by atoms with Crippen LogP contribution in [0.25, 0.3) is 0 Å². The average molecular weight is 677 g/mol. The van der Waals surface area contributed by atoms with Crippen molar-refractivity contribution < 1.29 is 29.0 Å². The number of aliphatic hydroxyl groups is 2. The molecular formula is C31H53IO6Si. The molecule has 0 unspecified atom stereocenters. The van der Waals surface area contributed by atoms with Gasteiger partial charge in [0.05, 0.1) is 30.7 Å². The number of rotatable bonds is 6. The minimum atomic E-state index is -2.41. The van der Waals surface area contributed by atoms with Crippen LogP contribution in [0.1, 0.15) is 87.0 Å². The van der Waals surface area contributed by atoms with Gasteiger partial charge in [0.15, 0.2) is 8.32 Å². The number of halogens is 1. The summed E-state index contributed by atoms with van der Waals surface area (Å²) in [5.74, 6) is -1.31. The highest BCUT2D eigenvalue weighted by Gasteiger charge is 2.50. The molecule has 1 aliphatic rings. The first kappa shape index (κ1) is 36.2. The number of cyclic esters (lactones) is 1. The number of carbonyl (C=O) groups excluding carboxylic acids is 2. The first-order valence-corrected chi connectivity index (χ1v) is 18.4. The molecule has 1 rings (SSSR count). The molecule has 0 fully saturated rings. The van der Waals surface area contributed by atoms with Crippen molar-refractivity contribution in [1.29, 1.82) is 0 Å². The maximum atomic E-state index is 14.2. The Bertz CT molecular complexity index is 905. The molecule has 6 nitrogen and oxygen atoms in total. The van der Waals surface area contributed by atoms with Gasteiger partial charge in [0, 0.05) is 12.3 Å². The Morgan fingerprint density at radius 2 is 1.92 bits per heavy atom. The number of Topliss-reactive ketones (excluding diaryl/α,β-unsaturated/α-hetero) is 1. The second-order valence-corrected chi connectivity index (χ2v) is 18.5. The van der Waals surface area contributed by atoms with Crippen LogP contribution < -0.4 is 0 Å². The quantitative estimate of drug-likeness (QED) is 0.133. The van der Waals surface area contributed by atoms with Gasteiger partial charge in [-0.3, -0.25) is 9.59 Å². The number of ketones is 1. The summed E-state index contributed by atoms with van der Waals surface area (Å²) in [6.07, 6.45) is 4.51. The lowest BCUT2D eigenvalue weighted by Gasteiger charge is -2.45. The van der Waals surface area contributed by atoms with E-state index in [1.165, 1.54) is 0 Å². The molecule has 0 saturated carbocycles. The molecule has 6 atom stereocenters. The van der Waals surface area contributed by atoms with E-state index in [0.717, 1.165) is 24.0 Å². The number of hydrogen-bond acceptors (Lipinski definition) is 6. The zero-order chi connectivity index (χ0) is 30.2. The van der Waals surface area contributed by atoms with E-state index in [1.807, 2.05) is 30.9 Å². The standard InChI is InChI=1S/C31H53IO6Si/c1-11-17-31(8)26(38-39(9,10)30(5,6)7)18-27(34)37-25(22(3)19-32)16-15-24(20-33)14-12-13-21(2)28(35)23(4)29(31)36/h11,15,19,21,23,25-26,28,33,35H,1,12-14,16-18,20H2,2-10H3/b22-19+,24-15+/t21-,23+,25-,26-,28-,31+/m0/s1. The molecule has 1 heterocycles. The number of allylic oxidation sites excluding steroid dienone is 1. The van der Waals surface area contributed by atoms with Gasteiger partial charge in [-0.25, -0.2) is 0 Å². The van der Waals surface area contributed by atoms with E-state index < -0.39 is 43.9 Å². The van der Waals surface area contributed by atoms with Crippen LogP contribution in [0.5, 0.6) is 0 Å². The van der Waals surface area contributed by atoms with E-state index >= 15 is 0 Å². The van der Waals surface area contributed by atoms with Crippen molar-refractivity contribution >= 4 is 42.7 Å². The smallest absolute Gasteiger partial charge is 0.309 e. The average Bonchev–Trinajstić information content (AvgIpc) is 2.86. The van der Waals surface area contributed by atoms with Crippen molar-refractivity contribution in [3.63, 3.8) is 0 Å². The van der Waals surface area contributed by atoms with Crippen LogP contribution in [0.2, 0.25) is 18.1 Å². The number of hydrogen-bond donors (Lipinski definition) is 2. The van der Waals surface area contributed by atoms with Crippen LogP contribution >= 0.6 is 22.6 Å². The Kier molecular flexibility index (Phi) is 14.3. The molecule has 2 N–H and O–H groups in total. The summed E-state index contributed by atoms with van der Waals surface area (Å²) in [6, 6.07) is 0. The fraction of sp³-hybridized carbons (Fsp3) is 0.742. The summed E-state index contributed by atoms with van der Waals surface area (Å²) >= 11 is 2.15. The normalized spacial score (nSPS) is 32.8. The molecule has 224 valence electrons. The fourth-order valence-corrected chi connectivity index (χ4v) is 6.69. The van der Waals surface area contributed by atoms with Crippen LogP contribution in [0.3, 0.4) is 0 Å². The minimum absolute atomic E-state index is 0.0676. The van der Waals surface area contributed by atoms with Crippen LogP contribution in [-0.2, 0) is 18.8 Å².